The van der Waals surface area contributed by atoms with Crippen molar-refractivity contribution in [2.45, 2.75) is 56.9 Å². The van der Waals surface area contributed by atoms with E-state index in [-0.39, 0.29) is 31.6 Å². The standard InChI is InChI=1S/C22H30N2O6/c1-5-21-8-7-13-29-19(28)15(21)14-17(26)23(11-12-25)16-18(27)24(20(2,3)4)10-6-9-22(14,16)30-21/h6-9,14-16,25H,5,10-13H2,1-4H3/t14-,15+,16?,21-,22-/m0/s1. The number of ether oxygens (including phenoxy) is 2. The molecule has 0 aliphatic carbocycles. The molecular weight excluding hydrogens is 388 g/mol. The van der Waals surface area contributed by atoms with Gasteiger partial charge in [-0.15, -0.1) is 0 Å². The van der Waals surface area contributed by atoms with E-state index in [1.165, 1.54) is 4.90 Å². The van der Waals surface area contributed by atoms with Gasteiger partial charge in [-0.05, 0) is 33.3 Å². The lowest BCUT2D eigenvalue weighted by Gasteiger charge is -2.41. The molecule has 1 spiro atoms. The Bertz CT molecular complexity index is 830. The smallest absolute Gasteiger partial charge is 0.313 e. The average Bonchev–Trinajstić information content (AvgIpc) is 2.93. The summed E-state index contributed by atoms with van der Waals surface area (Å²) in [7, 11) is 0. The fourth-order valence-electron chi connectivity index (χ4n) is 5.55. The zero-order chi connectivity index (χ0) is 21.9. The third-order valence-corrected chi connectivity index (χ3v) is 6.85. The second kappa shape index (κ2) is 6.92. The number of hydrogen-bond acceptors (Lipinski definition) is 6. The SMILES string of the molecule is CC[C@]12C=CCOC(=O)[C@H]1[C@H]1C(=O)N(CCO)C3C(=O)N(C(C)(C)C)CC=C[C@@]31O2. The van der Waals surface area contributed by atoms with Crippen molar-refractivity contribution in [1.29, 1.82) is 0 Å². The van der Waals surface area contributed by atoms with Crippen LogP contribution >= 0.6 is 0 Å². The van der Waals surface area contributed by atoms with Gasteiger partial charge in [-0.3, -0.25) is 14.4 Å². The largest absolute Gasteiger partial charge is 0.461 e. The van der Waals surface area contributed by atoms with Gasteiger partial charge in [0.1, 0.15) is 29.8 Å². The highest BCUT2D eigenvalue weighted by Crippen LogP contribution is 2.58. The van der Waals surface area contributed by atoms with Crippen LogP contribution in [0.25, 0.3) is 0 Å². The van der Waals surface area contributed by atoms with Gasteiger partial charge in [-0.25, -0.2) is 0 Å². The number of nitrogens with zero attached hydrogens (tertiary/aromatic N) is 2. The molecule has 0 aromatic carbocycles. The summed E-state index contributed by atoms with van der Waals surface area (Å²) in [6.45, 7) is 7.94. The number of carbonyl (C=O) groups excluding carboxylic acids is 3. The summed E-state index contributed by atoms with van der Waals surface area (Å²) in [5, 5.41) is 9.62. The highest BCUT2D eigenvalue weighted by Gasteiger charge is 2.75. The van der Waals surface area contributed by atoms with Crippen LogP contribution in [0.1, 0.15) is 34.1 Å². The molecule has 2 fully saturated rings. The molecule has 8 heteroatoms. The summed E-state index contributed by atoms with van der Waals surface area (Å²) in [6.07, 6.45) is 7.69. The zero-order valence-electron chi connectivity index (χ0n) is 18.0. The number of fused-ring (bicyclic) bond motifs is 2. The second-order valence-electron chi connectivity index (χ2n) is 9.43. The molecule has 4 aliphatic heterocycles. The summed E-state index contributed by atoms with van der Waals surface area (Å²) in [5.41, 5.74) is -2.77. The minimum atomic E-state index is -1.29. The summed E-state index contributed by atoms with van der Waals surface area (Å²) in [6, 6.07) is -0.948. The number of aliphatic hydroxyl groups is 1. The van der Waals surface area contributed by atoms with E-state index in [0.717, 1.165) is 0 Å². The van der Waals surface area contributed by atoms with E-state index in [4.69, 9.17) is 9.47 Å². The van der Waals surface area contributed by atoms with Crippen molar-refractivity contribution in [1.82, 2.24) is 9.80 Å². The number of cyclic esters (lactones) is 1. The Morgan fingerprint density at radius 1 is 1.13 bits per heavy atom. The maximum absolute atomic E-state index is 13.8. The fourth-order valence-corrected chi connectivity index (χ4v) is 5.55. The predicted molar refractivity (Wildman–Crippen MR) is 107 cm³/mol. The van der Waals surface area contributed by atoms with E-state index in [0.29, 0.717) is 13.0 Å². The molecule has 164 valence electrons. The molecule has 1 unspecified atom stereocenters. The molecule has 0 aromatic rings. The number of β-amino-alcohol motifs (C(OH)–C–C–N with tert-alkyl or cyclic N) is 1. The third kappa shape index (κ3) is 2.69. The Morgan fingerprint density at radius 2 is 1.87 bits per heavy atom. The van der Waals surface area contributed by atoms with E-state index < -0.39 is 40.6 Å². The normalized spacial score (nSPS) is 38.2. The van der Waals surface area contributed by atoms with Gasteiger partial charge in [-0.1, -0.05) is 25.2 Å². The number of carbonyl (C=O) groups is 3. The molecular formula is C22H30N2O6. The molecule has 0 saturated carbocycles. The Hall–Kier alpha value is -2.19. The molecule has 4 rings (SSSR count). The summed E-state index contributed by atoms with van der Waals surface area (Å²) >= 11 is 0. The number of likely N-dealkylation sites (tertiary alicyclic amines) is 1. The van der Waals surface area contributed by atoms with Crippen molar-refractivity contribution < 1.29 is 29.0 Å². The minimum Gasteiger partial charge on any atom is -0.461 e. The first-order chi connectivity index (χ1) is 14.1. The van der Waals surface area contributed by atoms with Gasteiger partial charge < -0.3 is 24.4 Å². The molecule has 1 N–H and O–H groups in total. The van der Waals surface area contributed by atoms with Gasteiger partial charge in [0.2, 0.25) is 11.8 Å². The number of hydrogen-bond donors (Lipinski definition) is 1. The van der Waals surface area contributed by atoms with Gasteiger partial charge in [0.05, 0.1) is 12.5 Å². The highest BCUT2D eigenvalue weighted by atomic mass is 16.6. The van der Waals surface area contributed by atoms with Crippen LogP contribution in [0.15, 0.2) is 24.3 Å². The van der Waals surface area contributed by atoms with Crippen molar-refractivity contribution >= 4 is 17.8 Å². The minimum absolute atomic E-state index is 0.000591. The zero-order valence-corrected chi connectivity index (χ0v) is 18.0. The van der Waals surface area contributed by atoms with Crippen LogP contribution in [0.2, 0.25) is 0 Å². The lowest BCUT2D eigenvalue weighted by molar-refractivity contribution is -0.160. The van der Waals surface area contributed by atoms with E-state index in [1.807, 2.05) is 39.8 Å². The number of amides is 2. The van der Waals surface area contributed by atoms with E-state index in [9.17, 15) is 19.5 Å². The molecule has 8 nitrogen and oxygen atoms in total. The van der Waals surface area contributed by atoms with Crippen molar-refractivity contribution in [3.63, 3.8) is 0 Å². The topological polar surface area (TPSA) is 96.4 Å². The molecule has 0 radical (unpaired) electrons. The van der Waals surface area contributed by atoms with Gasteiger partial charge in [0.15, 0.2) is 0 Å². The molecule has 4 aliphatic rings. The van der Waals surface area contributed by atoms with Gasteiger partial charge in [0, 0.05) is 18.6 Å². The lowest BCUT2D eigenvalue weighted by atomic mass is 9.73. The summed E-state index contributed by atoms with van der Waals surface area (Å²) in [4.78, 5) is 43.5. The Kier molecular flexibility index (Phi) is 4.86. The van der Waals surface area contributed by atoms with Crippen molar-refractivity contribution in [2.24, 2.45) is 11.8 Å². The van der Waals surface area contributed by atoms with Gasteiger partial charge in [0.25, 0.3) is 0 Å². The molecule has 4 heterocycles. The molecule has 2 saturated heterocycles. The third-order valence-electron chi connectivity index (χ3n) is 6.85. The first-order valence-electron chi connectivity index (χ1n) is 10.6. The quantitative estimate of drug-likeness (QED) is 0.534. The van der Waals surface area contributed by atoms with Crippen molar-refractivity contribution in [3.8, 4) is 0 Å². The van der Waals surface area contributed by atoms with Crippen molar-refractivity contribution in [2.75, 3.05) is 26.3 Å². The van der Waals surface area contributed by atoms with Crippen LogP contribution in [0.3, 0.4) is 0 Å². The number of esters is 1. The number of rotatable bonds is 3. The van der Waals surface area contributed by atoms with Crippen LogP contribution < -0.4 is 0 Å². The van der Waals surface area contributed by atoms with E-state index >= 15 is 0 Å². The first kappa shape index (κ1) is 21.1. The summed E-state index contributed by atoms with van der Waals surface area (Å²) in [5.74, 6) is -2.81. The maximum Gasteiger partial charge on any atom is 0.313 e. The monoisotopic (exact) mass is 418 g/mol. The van der Waals surface area contributed by atoms with Gasteiger partial charge >= 0.3 is 5.97 Å². The van der Waals surface area contributed by atoms with Gasteiger partial charge in [-0.2, -0.15) is 0 Å². The van der Waals surface area contributed by atoms with Crippen LogP contribution in [-0.2, 0) is 23.9 Å². The summed E-state index contributed by atoms with van der Waals surface area (Å²) < 4.78 is 12.0. The Morgan fingerprint density at radius 3 is 2.50 bits per heavy atom. The van der Waals surface area contributed by atoms with Crippen LogP contribution in [0, 0.1) is 11.8 Å². The lowest BCUT2D eigenvalue weighted by Crippen LogP contribution is -2.59. The first-order valence-corrected chi connectivity index (χ1v) is 10.6. The van der Waals surface area contributed by atoms with Crippen LogP contribution in [0.4, 0.5) is 0 Å². The second-order valence-corrected chi connectivity index (χ2v) is 9.43. The fraction of sp³-hybridized carbons (Fsp3) is 0.682. The Labute approximate surface area is 176 Å². The van der Waals surface area contributed by atoms with Crippen LogP contribution in [0.5, 0.6) is 0 Å². The molecule has 0 bridgehead atoms. The predicted octanol–water partition coefficient (Wildman–Crippen LogP) is 0.650. The van der Waals surface area contributed by atoms with Crippen molar-refractivity contribution in [3.05, 3.63) is 24.3 Å². The molecule has 30 heavy (non-hydrogen) atoms. The maximum atomic E-state index is 13.8. The molecule has 5 atom stereocenters. The molecule has 0 aromatic heterocycles. The molecule has 2 amide bonds. The van der Waals surface area contributed by atoms with E-state index in [2.05, 4.69) is 0 Å². The van der Waals surface area contributed by atoms with E-state index in [1.54, 1.807) is 17.1 Å². The Balaban J connectivity index is 1.91. The number of aliphatic hydroxyl groups excluding tert-OH is 1. The average molecular weight is 418 g/mol. The van der Waals surface area contributed by atoms with Crippen LogP contribution in [-0.4, -0.2) is 81.8 Å². The highest BCUT2D eigenvalue weighted by molar-refractivity contribution is 5.99.